The number of para-hydroxylation sites is 1. The van der Waals surface area contributed by atoms with Gasteiger partial charge < -0.3 is 10.1 Å². The zero-order valence-electron chi connectivity index (χ0n) is 16.0. The van der Waals surface area contributed by atoms with Gasteiger partial charge in [-0.25, -0.2) is 12.8 Å². The van der Waals surface area contributed by atoms with Gasteiger partial charge in [0.2, 0.25) is 0 Å². The van der Waals surface area contributed by atoms with Gasteiger partial charge >= 0.3 is 5.97 Å². The van der Waals surface area contributed by atoms with Crippen LogP contribution < -0.4 is 5.32 Å². The van der Waals surface area contributed by atoms with Crippen LogP contribution in [0, 0.1) is 5.82 Å². The number of anilines is 1. The Hall–Kier alpha value is -2.74. The molecule has 0 bridgehead atoms. The van der Waals surface area contributed by atoms with Crippen LogP contribution in [0.2, 0.25) is 0 Å². The van der Waals surface area contributed by atoms with E-state index in [1.807, 2.05) is 0 Å². The molecule has 0 atom stereocenters. The van der Waals surface area contributed by atoms with E-state index in [0.717, 1.165) is 19.1 Å². The Bertz CT molecular complexity index is 1010. The minimum Gasteiger partial charge on any atom is -0.455 e. The molecule has 0 aromatic heterocycles. The first-order chi connectivity index (χ1) is 13.7. The van der Waals surface area contributed by atoms with Crippen LogP contribution in [0.25, 0.3) is 0 Å². The van der Waals surface area contributed by atoms with E-state index in [9.17, 15) is 22.4 Å². The van der Waals surface area contributed by atoms with Crippen molar-refractivity contribution in [3.8, 4) is 0 Å². The van der Waals surface area contributed by atoms with Crippen molar-refractivity contribution in [2.24, 2.45) is 0 Å². The zero-order chi connectivity index (χ0) is 21.1. The third kappa shape index (κ3) is 4.64. The van der Waals surface area contributed by atoms with Crippen LogP contribution in [0.5, 0.6) is 0 Å². The lowest BCUT2D eigenvalue weighted by Crippen LogP contribution is -2.36. The van der Waals surface area contributed by atoms with Crippen LogP contribution in [-0.4, -0.2) is 33.2 Å². The number of hydrogen-bond acceptors (Lipinski definition) is 5. The van der Waals surface area contributed by atoms with Gasteiger partial charge in [0.25, 0.3) is 5.91 Å². The van der Waals surface area contributed by atoms with Gasteiger partial charge in [-0.05, 0) is 42.7 Å². The number of rotatable bonds is 6. The average Bonchev–Trinajstić information content (AvgIpc) is 3.17. The van der Waals surface area contributed by atoms with Crippen LogP contribution in [0.1, 0.15) is 31.2 Å². The lowest BCUT2D eigenvalue weighted by atomic mass is 9.79. The monoisotopic (exact) mass is 419 g/mol. The average molecular weight is 419 g/mol. The molecule has 0 spiro atoms. The molecule has 2 aromatic carbocycles. The third-order valence-corrected chi connectivity index (χ3v) is 6.29. The number of amides is 1. The van der Waals surface area contributed by atoms with E-state index in [2.05, 4.69) is 5.32 Å². The molecule has 154 valence electrons. The zero-order valence-corrected chi connectivity index (χ0v) is 16.8. The normalized spacial score (nSPS) is 15.7. The molecular formula is C21H22FNO5S. The number of carbonyl (C=O) groups excluding carboxylic acids is 2. The second-order valence-corrected chi connectivity index (χ2v) is 9.17. The fourth-order valence-corrected chi connectivity index (χ4v) is 4.55. The van der Waals surface area contributed by atoms with Gasteiger partial charge in [0.15, 0.2) is 16.4 Å². The first-order valence-corrected chi connectivity index (χ1v) is 11.1. The molecule has 0 radical (unpaired) electrons. The van der Waals surface area contributed by atoms with E-state index in [1.54, 1.807) is 24.3 Å². The SMILES string of the molecule is CS(=O)(=O)c1ccccc1NC(=O)COC(=O)C1(c2ccc(F)cc2)CCCC1. The van der Waals surface area contributed by atoms with Gasteiger partial charge in [-0.1, -0.05) is 37.1 Å². The lowest BCUT2D eigenvalue weighted by molar-refractivity contribution is -0.153. The number of nitrogens with one attached hydrogen (secondary N) is 1. The number of carbonyl (C=O) groups is 2. The van der Waals surface area contributed by atoms with Crippen LogP contribution >= 0.6 is 0 Å². The van der Waals surface area contributed by atoms with Crippen LogP contribution in [0.3, 0.4) is 0 Å². The number of ether oxygens (including phenoxy) is 1. The molecule has 3 rings (SSSR count). The predicted molar refractivity (Wildman–Crippen MR) is 106 cm³/mol. The molecule has 6 nitrogen and oxygen atoms in total. The summed E-state index contributed by atoms with van der Waals surface area (Å²) in [6.45, 7) is -0.542. The van der Waals surface area contributed by atoms with E-state index in [0.29, 0.717) is 18.4 Å². The molecule has 1 N–H and O–H groups in total. The maximum atomic E-state index is 13.3. The first-order valence-electron chi connectivity index (χ1n) is 9.25. The first kappa shape index (κ1) is 21.0. The summed E-state index contributed by atoms with van der Waals surface area (Å²) >= 11 is 0. The second kappa shape index (κ2) is 8.32. The molecule has 1 amide bonds. The van der Waals surface area contributed by atoms with E-state index < -0.39 is 33.7 Å². The molecule has 8 heteroatoms. The summed E-state index contributed by atoms with van der Waals surface area (Å²) in [5, 5.41) is 2.48. The number of benzene rings is 2. The highest BCUT2D eigenvalue weighted by molar-refractivity contribution is 7.90. The van der Waals surface area contributed by atoms with Crippen molar-refractivity contribution >= 4 is 27.4 Å². The summed E-state index contributed by atoms with van der Waals surface area (Å²) in [5.74, 6) is -1.56. The van der Waals surface area contributed by atoms with E-state index in [1.165, 1.54) is 24.3 Å². The molecule has 1 aliphatic carbocycles. The Kier molecular flexibility index (Phi) is 6.02. The summed E-state index contributed by atoms with van der Waals surface area (Å²) in [4.78, 5) is 25.1. The van der Waals surface area contributed by atoms with Gasteiger partial charge in [-0.2, -0.15) is 0 Å². The van der Waals surface area contributed by atoms with Gasteiger partial charge in [-0.15, -0.1) is 0 Å². The molecule has 0 unspecified atom stereocenters. The fraction of sp³-hybridized carbons (Fsp3) is 0.333. The van der Waals surface area contributed by atoms with Crippen molar-refractivity contribution in [3.63, 3.8) is 0 Å². The third-order valence-electron chi connectivity index (χ3n) is 5.14. The van der Waals surface area contributed by atoms with E-state index in [4.69, 9.17) is 4.74 Å². The van der Waals surface area contributed by atoms with Crippen molar-refractivity contribution in [1.82, 2.24) is 0 Å². The summed E-state index contributed by atoms with van der Waals surface area (Å²) in [6.07, 6.45) is 3.84. The molecule has 0 saturated heterocycles. The van der Waals surface area contributed by atoms with E-state index in [-0.39, 0.29) is 16.4 Å². The molecule has 1 aliphatic rings. The van der Waals surface area contributed by atoms with Crippen molar-refractivity contribution in [3.05, 3.63) is 59.9 Å². The summed E-state index contributed by atoms with van der Waals surface area (Å²) in [6, 6.07) is 11.8. The Balaban J connectivity index is 1.70. The molecule has 29 heavy (non-hydrogen) atoms. The number of sulfone groups is 1. The maximum absolute atomic E-state index is 13.3. The minimum absolute atomic E-state index is 0.0155. The lowest BCUT2D eigenvalue weighted by Gasteiger charge is -2.27. The van der Waals surface area contributed by atoms with Gasteiger partial charge in [-0.3, -0.25) is 9.59 Å². The summed E-state index contributed by atoms with van der Waals surface area (Å²) in [5.41, 5.74) is -0.0899. The Labute approximate surface area is 169 Å². The Morgan fingerprint density at radius 3 is 2.31 bits per heavy atom. The van der Waals surface area contributed by atoms with Gasteiger partial charge in [0.05, 0.1) is 16.0 Å². The van der Waals surface area contributed by atoms with Crippen molar-refractivity contribution in [2.45, 2.75) is 36.0 Å². The molecule has 1 fully saturated rings. The molecular weight excluding hydrogens is 397 g/mol. The van der Waals surface area contributed by atoms with Crippen molar-refractivity contribution in [2.75, 3.05) is 18.2 Å². The molecule has 1 saturated carbocycles. The summed E-state index contributed by atoms with van der Waals surface area (Å²) < 4.78 is 42.2. The number of halogens is 1. The van der Waals surface area contributed by atoms with E-state index >= 15 is 0 Å². The van der Waals surface area contributed by atoms with Crippen LogP contribution in [0.15, 0.2) is 53.4 Å². The highest BCUT2D eigenvalue weighted by Gasteiger charge is 2.44. The maximum Gasteiger partial charge on any atom is 0.317 e. The van der Waals surface area contributed by atoms with Gasteiger partial charge in [0, 0.05) is 6.26 Å². The van der Waals surface area contributed by atoms with Crippen LogP contribution in [0.4, 0.5) is 10.1 Å². The molecule has 2 aromatic rings. The standard InChI is InChI=1S/C21H22FNO5S/c1-29(26,27)18-7-3-2-6-17(18)23-19(24)14-28-20(25)21(12-4-5-13-21)15-8-10-16(22)11-9-15/h2-3,6-11H,4-5,12-14H2,1H3,(H,23,24). The van der Waals surface area contributed by atoms with Crippen molar-refractivity contribution in [1.29, 1.82) is 0 Å². The Morgan fingerprint density at radius 2 is 1.69 bits per heavy atom. The Morgan fingerprint density at radius 1 is 1.07 bits per heavy atom. The summed E-state index contributed by atoms with van der Waals surface area (Å²) in [7, 11) is -3.53. The minimum atomic E-state index is -3.53. The molecule has 0 heterocycles. The largest absolute Gasteiger partial charge is 0.455 e. The highest BCUT2D eigenvalue weighted by atomic mass is 32.2. The number of hydrogen-bond donors (Lipinski definition) is 1. The topological polar surface area (TPSA) is 89.5 Å². The second-order valence-electron chi connectivity index (χ2n) is 7.19. The van der Waals surface area contributed by atoms with Gasteiger partial charge in [0.1, 0.15) is 5.82 Å². The smallest absolute Gasteiger partial charge is 0.317 e. The molecule has 0 aliphatic heterocycles. The quantitative estimate of drug-likeness (QED) is 0.726. The van der Waals surface area contributed by atoms with Crippen molar-refractivity contribution < 1.29 is 27.1 Å². The fourth-order valence-electron chi connectivity index (χ4n) is 3.71. The number of esters is 1. The van der Waals surface area contributed by atoms with Crippen LogP contribution in [-0.2, 0) is 29.6 Å². The highest BCUT2D eigenvalue weighted by Crippen LogP contribution is 2.42. The predicted octanol–water partition coefficient (Wildman–Crippen LogP) is 3.22.